The van der Waals surface area contributed by atoms with E-state index in [-0.39, 0.29) is 18.5 Å². The minimum Gasteiger partial charge on any atom is -0.480 e. The average molecular weight is 230 g/mol. The molecule has 0 heterocycles. The van der Waals surface area contributed by atoms with Gasteiger partial charge in [0.05, 0.1) is 0 Å². The van der Waals surface area contributed by atoms with Crippen molar-refractivity contribution in [2.45, 2.75) is 52.1 Å². The molecule has 0 aromatic carbocycles. The molecule has 5 heteroatoms. The van der Waals surface area contributed by atoms with Gasteiger partial charge in [-0.25, -0.2) is 0 Å². The van der Waals surface area contributed by atoms with Crippen molar-refractivity contribution in [2.24, 2.45) is 5.73 Å². The zero-order valence-corrected chi connectivity index (χ0v) is 10.5. The quantitative estimate of drug-likeness (QED) is 0.732. The van der Waals surface area contributed by atoms with Crippen LogP contribution in [0.15, 0.2) is 0 Å². The maximum absolute atomic E-state index is 11.8. The second-order valence-corrected chi connectivity index (χ2v) is 5.06. The maximum Gasteiger partial charge on any atom is 0.323 e. The Kier molecular flexibility index (Phi) is 5.44. The Morgan fingerprint density at radius 1 is 1.38 bits per heavy atom. The third-order valence-corrected chi connectivity index (χ3v) is 2.22. The largest absolute Gasteiger partial charge is 0.480 e. The smallest absolute Gasteiger partial charge is 0.323 e. The number of carbonyl (C=O) groups excluding carboxylic acids is 1. The van der Waals surface area contributed by atoms with Gasteiger partial charge in [0.25, 0.3) is 0 Å². The van der Waals surface area contributed by atoms with Crippen LogP contribution in [0.1, 0.15) is 40.5 Å². The lowest BCUT2D eigenvalue weighted by molar-refractivity contribution is -0.148. The van der Waals surface area contributed by atoms with E-state index < -0.39 is 11.5 Å². The summed E-state index contributed by atoms with van der Waals surface area (Å²) >= 11 is 0. The summed E-state index contributed by atoms with van der Waals surface area (Å²) in [6.45, 7) is 7.02. The van der Waals surface area contributed by atoms with Gasteiger partial charge in [-0.1, -0.05) is 0 Å². The fourth-order valence-electron chi connectivity index (χ4n) is 1.32. The molecule has 0 aromatic rings. The van der Waals surface area contributed by atoms with Crippen LogP contribution >= 0.6 is 0 Å². The minimum absolute atomic E-state index is 0.0457. The first-order valence-corrected chi connectivity index (χ1v) is 5.42. The van der Waals surface area contributed by atoms with Crippen molar-refractivity contribution in [3.05, 3.63) is 0 Å². The summed E-state index contributed by atoms with van der Waals surface area (Å²) in [4.78, 5) is 23.9. The highest BCUT2D eigenvalue weighted by Crippen LogP contribution is 2.15. The fraction of sp³-hybridized carbons (Fsp3) is 0.818. The number of hydrogen-bond acceptors (Lipinski definition) is 3. The third kappa shape index (κ3) is 5.70. The van der Waals surface area contributed by atoms with Crippen LogP contribution in [0.2, 0.25) is 0 Å². The van der Waals surface area contributed by atoms with Gasteiger partial charge < -0.3 is 15.7 Å². The van der Waals surface area contributed by atoms with Crippen molar-refractivity contribution in [3.63, 3.8) is 0 Å². The normalized spacial score (nSPS) is 13.3. The van der Waals surface area contributed by atoms with Crippen LogP contribution in [-0.2, 0) is 9.59 Å². The molecule has 0 spiro atoms. The van der Waals surface area contributed by atoms with Crippen molar-refractivity contribution in [2.75, 3.05) is 6.54 Å². The fourth-order valence-corrected chi connectivity index (χ4v) is 1.32. The number of rotatable bonds is 5. The molecule has 0 bridgehead atoms. The molecule has 3 N–H and O–H groups in total. The van der Waals surface area contributed by atoms with Crippen LogP contribution in [0.25, 0.3) is 0 Å². The molecule has 1 unspecified atom stereocenters. The van der Waals surface area contributed by atoms with Gasteiger partial charge >= 0.3 is 5.97 Å². The zero-order valence-electron chi connectivity index (χ0n) is 10.5. The van der Waals surface area contributed by atoms with E-state index in [1.54, 1.807) is 0 Å². The first-order chi connectivity index (χ1) is 7.14. The Morgan fingerprint density at radius 2 is 1.88 bits per heavy atom. The zero-order chi connectivity index (χ0) is 12.9. The van der Waals surface area contributed by atoms with E-state index in [1.807, 2.05) is 27.7 Å². The van der Waals surface area contributed by atoms with Crippen molar-refractivity contribution in [1.29, 1.82) is 0 Å². The van der Waals surface area contributed by atoms with E-state index in [1.165, 1.54) is 4.90 Å². The molecule has 94 valence electrons. The van der Waals surface area contributed by atoms with Crippen LogP contribution in [0.4, 0.5) is 0 Å². The molecule has 0 radical (unpaired) electrons. The van der Waals surface area contributed by atoms with Crippen molar-refractivity contribution in [1.82, 2.24) is 4.90 Å². The number of carboxylic acid groups (broad SMARTS) is 1. The molecular formula is C11H22N2O3. The molecular weight excluding hydrogens is 208 g/mol. The van der Waals surface area contributed by atoms with Gasteiger partial charge in [-0.2, -0.15) is 0 Å². The Balaban J connectivity index is 4.51. The highest BCUT2D eigenvalue weighted by molar-refractivity contribution is 5.82. The van der Waals surface area contributed by atoms with Crippen LogP contribution in [0, 0.1) is 0 Å². The van der Waals surface area contributed by atoms with Gasteiger partial charge in [-0.3, -0.25) is 9.59 Å². The number of aliphatic carboxylic acids is 1. The molecule has 16 heavy (non-hydrogen) atoms. The third-order valence-electron chi connectivity index (χ3n) is 2.22. The number of hydrogen-bond donors (Lipinski definition) is 2. The summed E-state index contributed by atoms with van der Waals surface area (Å²) in [5.41, 5.74) is 5.09. The first kappa shape index (κ1) is 14.9. The molecule has 0 aliphatic rings. The topological polar surface area (TPSA) is 83.6 Å². The Morgan fingerprint density at radius 3 is 2.19 bits per heavy atom. The highest BCUT2D eigenvalue weighted by Gasteiger charge is 2.27. The van der Waals surface area contributed by atoms with Gasteiger partial charge in [-0.15, -0.1) is 0 Å². The van der Waals surface area contributed by atoms with Gasteiger partial charge in [0.15, 0.2) is 0 Å². The Bertz CT molecular complexity index is 256. The lowest BCUT2D eigenvalue weighted by Crippen LogP contribution is -2.48. The van der Waals surface area contributed by atoms with E-state index in [9.17, 15) is 9.59 Å². The van der Waals surface area contributed by atoms with Crippen LogP contribution in [-0.4, -0.2) is 40.0 Å². The van der Waals surface area contributed by atoms with Crippen molar-refractivity contribution in [3.8, 4) is 0 Å². The van der Waals surface area contributed by atoms with E-state index in [2.05, 4.69) is 0 Å². The summed E-state index contributed by atoms with van der Waals surface area (Å²) in [6, 6.07) is -0.0457. The van der Waals surface area contributed by atoms with Gasteiger partial charge in [0, 0.05) is 18.0 Å². The number of nitrogens with two attached hydrogens (primary N) is 1. The average Bonchev–Trinajstić information content (AvgIpc) is 2.08. The SMILES string of the molecule is CC(N)CCC(=O)N(CC(=O)O)C(C)(C)C. The Hall–Kier alpha value is -1.10. The minimum atomic E-state index is -0.996. The summed E-state index contributed by atoms with van der Waals surface area (Å²) in [5.74, 6) is -1.16. The summed E-state index contributed by atoms with van der Waals surface area (Å²) in [5, 5.41) is 8.75. The molecule has 1 atom stereocenters. The molecule has 0 aliphatic carbocycles. The van der Waals surface area contributed by atoms with Gasteiger partial charge in [0.1, 0.15) is 6.54 Å². The van der Waals surface area contributed by atoms with Crippen LogP contribution in [0.3, 0.4) is 0 Å². The molecule has 5 nitrogen and oxygen atoms in total. The monoisotopic (exact) mass is 230 g/mol. The second-order valence-electron chi connectivity index (χ2n) is 5.06. The van der Waals surface area contributed by atoms with Gasteiger partial charge in [0.2, 0.25) is 5.91 Å². The molecule has 0 aromatic heterocycles. The Labute approximate surface area is 96.6 Å². The lowest BCUT2D eigenvalue weighted by atomic mass is 10.0. The molecule has 0 aliphatic heterocycles. The number of carboxylic acids is 1. The van der Waals surface area contributed by atoms with Crippen LogP contribution in [0.5, 0.6) is 0 Å². The predicted molar refractivity (Wildman–Crippen MR) is 62.0 cm³/mol. The molecule has 1 amide bonds. The van der Waals surface area contributed by atoms with Gasteiger partial charge in [-0.05, 0) is 34.1 Å². The van der Waals surface area contributed by atoms with E-state index in [4.69, 9.17) is 10.8 Å². The molecule has 0 saturated heterocycles. The predicted octanol–water partition coefficient (Wildman–Crippen LogP) is 0.825. The maximum atomic E-state index is 11.8. The second kappa shape index (κ2) is 5.84. The van der Waals surface area contributed by atoms with Crippen LogP contribution < -0.4 is 5.73 Å². The standard InChI is InChI=1S/C11H22N2O3/c1-8(12)5-6-9(14)13(7-10(15)16)11(2,3)4/h8H,5-7,12H2,1-4H3,(H,15,16). The van der Waals surface area contributed by atoms with Crippen molar-refractivity contribution >= 4 is 11.9 Å². The number of nitrogens with zero attached hydrogens (tertiary/aromatic N) is 1. The lowest BCUT2D eigenvalue weighted by Gasteiger charge is -2.34. The molecule has 0 fully saturated rings. The van der Waals surface area contributed by atoms with E-state index >= 15 is 0 Å². The van der Waals surface area contributed by atoms with E-state index in [0.717, 1.165) is 0 Å². The van der Waals surface area contributed by atoms with E-state index in [0.29, 0.717) is 12.8 Å². The first-order valence-electron chi connectivity index (χ1n) is 5.42. The summed E-state index contributed by atoms with van der Waals surface area (Å²) < 4.78 is 0. The van der Waals surface area contributed by atoms with Crippen molar-refractivity contribution < 1.29 is 14.7 Å². The summed E-state index contributed by atoms with van der Waals surface area (Å²) in [7, 11) is 0. The molecule has 0 rings (SSSR count). The number of amides is 1. The molecule has 0 saturated carbocycles. The summed E-state index contributed by atoms with van der Waals surface area (Å²) in [6.07, 6.45) is 0.868. The number of carbonyl (C=O) groups is 2. The highest BCUT2D eigenvalue weighted by atomic mass is 16.4.